The predicted molar refractivity (Wildman–Crippen MR) is 52.9 cm³/mol. The minimum Gasteiger partial charge on any atom is -0.611 e. The first-order valence-corrected chi connectivity index (χ1v) is 5.26. The fraction of sp³-hybridized carbons (Fsp3) is 0.333. The first-order valence-electron chi connectivity index (χ1n) is 3.94. The molecule has 0 aliphatic heterocycles. The Labute approximate surface area is 76.2 Å². The van der Waals surface area contributed by atoms with Crippen molar-refractivity contribution in [2.45, 2.75) is 11.8 Å². The molecule has 0 bridgehead atoms. The quantitative estimate of drug-likeness (QED) is 0.726. The van der Waals surface area contributed by atoms with Crippen LogP contribution < -0.4 is 5.32 Å². The molecular weight excluding hydrogens is 170 g/mol. The maximum atomic E-state index is 11.3. The van der Waals surface area contributed by atoms with Crippen molar-refractivity contribution in [3.63, 3.8) is 0 Å². The van der Waals surface area contributed by atoms with Gasteiger partial charge in [0.2, 0.25) is 0 Å². The van der Waals surface area contributed by atoms with Crippen molar-refractivity contribution >= 4 is 16.9 Å². The van der Waals surface area contributed by atoms with Gasteiger partial charge in [-0.15, -0.1) is 0 Å². The van der Waals surface area contributed by atoms with Crippen LogP contribution in [0.3, 0.4) is 0 Å². The molecule has 0 saturated carbocycles. The summed E-state index contributed by atoms with van der Waals surface area (Å²) in [6, 6.07) is 7.66. The normalized spacial score (nSPS) is 12.6. The molecule has 0 radical (unpaired) electrons. The fourth-order valence-corrected chi connectivity index (χ4v) is 1.71. The summed E-state index contributed by atoms with van der Waals surface area (Å²) >= 11 is -0.828. The summed E-state index contributed by atoms with van der Waals surface area (Å²) in [5, 5.41) is 3.01. The largest absolute Gasteiger partial charge is 0.611 e. The van der Waals surface area contributed by atoms with Crippen LogP contribution in [0.25, 0.3) is 0 Å². The van der Waals surface area contributed by atoms with Gasteiger partial charge in [0.1, 0.15) is 5.75 Å². The number of benzene rings is 1. The van der Waals surface area contributed by atoms with Crippen LogP contribution in [0.1, 0.15) is 6.92 Å². The second-order valence-electron chi connectivity index (χ2n) is 2.41. The summed E-state index contributed by atoms with van der Waals surface area (Å²) in [5.74, 6) is 0.679. The van der Waals surface area contributed by atoms with Crippen molar-refractivity contribution < 1.29 is 4.55 Å². The average molecular weight is 183 g/mol. The van der Waals surface area contributed by atoms with Crippen LogP contribution in [0, 0.1) is 0 Å². The van der Waals surface area contributed by atoms with Crippen LogP contribution in [0.5, 0.6) is 0 Å². The Morgan fingerprint density at radius 2 is 1.92 bits per heavy atom. The molecule has 0 spiro atoms. The van der Waals surface area contributed by atoms with Gasteiger partial charge in [-0.25, -0.2) is 0 Å². The van der Waals surface area contributed by atoms with E-state index in [0.717, 1.165) is 10.6 Å². The maximum Gasteiger partial charge on any atom is 0.152 e. The molecule has 0 fully saturated rings. The molecule has 0 heterocycles. The van der Waals surface area contributed by atoms with E-state index in [2.05, 4.69) is 5.32 Å². The summed E-state index contributed by atoms with van der Waals surface area (Å²) in [7, 11) is 1.87. The zero-order chi connectivity index (χ0) is 8.97. The maximum absolute atomic E-state index is 11.3. The number of hydrogen-bond donors (Lipinski definition) is 1. The second-order valence-corrected chi connectivity index (χ2v) is 4.15. The monoisotopic (exact) mass is 183 g/mol. The minimum absolute atomic E-state index is 0.679. The summed E-state index contributed by atoms with van der Waals surface area (Å²) in [5.41, 5.74) is 1.05. The Kier molecular flexibility index (Phi) is 3.44. The number of anilines is 1. The first kappa shape index (κ1) is 9.42. The number of hydrogen-bond acceptors (Lipinski definition) is 2. The van der Waals surface area contributed by atoms with E-state index in [1.54, 1.807) is 0 Å². The predicted octanol–water partition coefficient (Wildman–Crippen LogP) is 1.86. The molecule has 3 heteroatoms. The third kappa shape index (κ3) is 2.16. The molecule has 1 aromatic rings. The molecular formula is C9H13NOS. The molecule has 0 amide bonds. The molecule has 1 atom stereocenters. The Morgan fingerprint density at radius 3 is 2.33 bits per heavy atom. The van der Waals surface area contributed by atoms with E-state index in [1.165, 1.54) is 0 Å². The summed E-state index contributed by atoms with van der Waals surface area (Å²) < 4.78 is 11.3. The van der Waals surface area contributed by atoms with Gasteiger partial charge in [-0.05, 0) is 42.4 Å². The summed E-state index contributed by atoms with van der Waals surface area (Å²) in [4.78, 5) is 0.900. The summed E-state index contributed by atoms with van der Waals surface area (Å²) in [6.45, 7) is 1.92. The van der Waals surface area contributed by atoms with Gasteiger partial charge in [0.05, 0.1) is 0 Å². The highest BCUT2D eigenvalue weighted by Gasteiger charge is 2.05. The van der Waals surface area contributed by atoms with Gasteiger partial charge in [0.25, 0.3) is 0 Å². The highest BCUT2D eigenvalue weighted by Crippen LogP contribution is 2.14. The smallest absolute Gasteiger partial charge is 0.152 e. The molecule has 1 N–H and O–H groups in total. The Bertz CT molecular complexity index is 235. The van der Waals surface area contributed by atoms with E-state index in [9.17, 15) is 4.55 Å². The van der Waals surface area contributed by atoms with E-state index >= 15 is 0 Å². The van der Waals surface area contributed by atoms with Crippen LogP contribution in [0.4, 0.5) is 5.69 Å². The molecule has 1 rings (SSSR count). The van der Waals surface area contributed by atoms with Crippen molar-refractivity contribution in [2.24, 2.45) is 0 Å². The van der Waals surface area contributed by atoms with Crippen molar-refractivity contribution in [3.8, 4) is 0 Å². The number of rotatable bonds is 3. The van der Waals surface area contributed by atoms with E-state index in [1.807, 2.05) is 38.2 Å². The van der Waals surface area contributed by atoms with Crippen LogP contribution in [0.2, 0.25) is 0 Å². The molecule has 2 nitrogen and oxygen atoms in total. The molecule has 0 aromatic heterocycles. The molecule has 0 saturated heterocycles. The van der Waals surface area contributed by atoms with Crippen LogP contribution in [-0.2, 0) is 11.2 Å². The lowest BCUT2D eigenvalue weighted by Gasteiger charge is -2.07. The lowest BCUT2D eigenvalue weighted by atomic mass is 10.3. The van der Waals surface area contributed by atoms with Crippen LogP contribution >= 0.6 is 0 Å². The standard InChI is InChI=1S/C9H13NOS/c1-3-12(11)9-6-4-8(10-2)5-7-9/h4-7,10H,3H2,1-2H3. The van der Waals surface area contributed by atoms with Crippen molar-refractivity contribution in [1.29, 1.82) is 0 Å². The number of nitrogens with one attached hydrogen (secondary N) is 1. The van der Waals surface area contributed by atoms with E-state index in [0.29, 0.717) is 5.75 Å². The van der Waals surface area contributed by atoms with Gasteiger partial charge in [0.15, 0.2) is 4.90 Å². The Hall–Kier alpha value is -0.670. The SMILES string of the molecule is CC[S+]([O-])c1ccc(NC)cc1. The molecule has 1 unspecified atom stereocenters. The van der Waals surface area contributed by atoms with Crippen molar-refractivity contribution in [2.75, 3.05) is 18.1 Å². The zero-order valence-corrected chi connectivity index (χ0v) is 8.15. The topological polar surface area (TPSA) is 35.1 Å². The zero-order valence-electron chi connectivity index (χ0n) is 7.33. The van der Waals surface area contributed by atoms with Crippen LogP contribution in [0.15, 0.2) is 29.2 Å². The molecule has 1 aromatic carbocycles. The van der Waals surface area contributed by atoms with Gasteiger partial charge in [-0.1, -0.05) is 0 Å². The highest BCUT2D eigenvalue weighted by molar-refractivity contribution is 7.91. The van der Waals surface area contributed by atoms with Gasteiger partial charge in [0, 0.05) is 12.7 Å². The van der Waals surface area contributed by atoms with Gasteiger partial charge in [-0.2, -0.15) is 0 Å². The second kappa shape index (κ2) is 4.38. The third-order valence-electron chi connectivity index (χ3n) is 1.67. The van der Waals surface area contributed by atoms with Gasteiger partial charge < -0.3 is 9.87 Å². The molecule has 0 aliphatic rings. The van der Waals surface area contributed by atoms with Crippen molar-refractivity contribution in [1.82, 2.24) is 0 Å². The lowest BCUT2D eigenvalue weighted by Crippen LogP contribution is -2.03. The average Bonchev–Trinajstić information content (AvgIpc) is 2.17. The van der Waals surface area contributed by atoms with Gasteiger partial charge >= 0.3 is 0 Å². The minimum atomic E-state index is -0.828. The molecule has 12 heavy (non-hydrogen) atoms. The van der Waals surface area contributed by atoms with E-state index < -0.39 is 11.2 Å². The first-order chi connectivity index (χ1) is 5.77. The van der Waals surface area contributed by atoms with E-state index in [-0.39, 0.29) is 0 Å². The van der Waals surface area contributed by atoms with E-state index in [4.69, 9.17) is 0 Å². The lowest BCUT2D eigenvalue weighted by molar-refractivity contribution is 0.596. The highest BCUT2D eigenvalue weighted by atomic mass is 32.2. The summed E-state index contributed by atoms with van der Waals surface area (Å²) in [6.07, 6.45) is 0. The molecule has 66 valence electrons. The molecule has 0 aliphatic carbocycles. The Balaban J connectivity index is 2.77. The fourth-order valence-electron chi connectivity index (χ4n) is 0.940. The third-order valence-corrected chi connectivity index (χ3v) is 2.99. The van der Waals surface area contributed by atoms with Crippen LogP contribution in [-0.4, -0.2) is 17.4 Å². The van der Waals surface area contributed by atoms with Crippen molar-refractivity contribution in [3.05, 3.63) is 24.3 Å². The Morgan fingerprint density at radius 1 is 1.33 bits per heavy atom. The van der Waals surface area contributed by atoms with Gasteiger partial charge in [-0.3, -0.25) is 0 Å².